The van der Waals surface area contributed by atoms with Crippen LogP contribution in [0.5, 0.6) is 0 Å². The maximum Gasteiger partial charge on any atom is 0.416 e. The van der Waals surface area contributed by atoms with E-state index in [1.54, 1.807) is 10.8 Å². The number of aryl methyl sites for hydroxylation is 1. The molecule has 1 unspecified atom stereocenters. The van der Waals surface area contributed by atoms with Crippen LogP contribution in [-0.2, 0) is 12.7 Å². The van der Waals surface area contributed by atoms with Gasteiger partial charge >= 0.3 is 12.1 Å². The first-order valence-electron chi connectivity index (χ1n) is 11.5. The van der Waals surface area contributed by atoms with Crippen LogP contribution in [0.3, 0.4) is 0 Å². The fourth-order valence-corrected chi connectivity index (χ4v) is 4.12. The lowest BCUT2D eigenvalue weighted by atomic mass is 10.1. The van der Waals surface area contributed by atoms with Gasteiger partial charge in [-0.05, 0) is 62.4 Å². The Morgan fingerprint density at radius 3 is 2.44 bits per heavy atom. The Morgan fingerprint density at radius 1 is 1.14 bits per heavy atom. The summed E-state index contributed by atoms with van der Waals surface area (Å²) in [5.74, 6) is -0.440. The lowest BCUT2D eigenvalue weighted by Gasteiger charge is -2.17. The Bertz CT molecular complexity index is 1430. The first-order chi connectivity index (χ1) is 17.1. The van der Waals surface area contributed by atoms with Crippen LogP contribution >= 0.6 is 0 Å². The van der Waals surface area contributed by atoms with Crippen LogP contribution in [0, 0.1) is 12.8 Å². The number of carboxylic acids is 1. The third kappa shape index (κ3) is 4.73. The molecule has 3 heterocycles. The van der Waals surface area contributed by atoms with Crippen LogP contribution < -0.4 is 5.32 Å². The van der Waals surface area contributed by atoms with Crippen molar-refractivity contribution in [1.82, 2.24) is 24.5 Å². The molecule has 1 aliphatic carbocycles. The quantitative estimate of drug-likeness (QED) is 0.364. The third-order valence-electron chi connectivity index (χ3n) is 6.28. The molecule has 0 bridgehead atoms. The van der Waals surface area contributed by atoms with E-state index in [1.165, 1.54) is 12.1 Å². The van der Waals surface area contributed by atoms with Crippen LogP contribution in [0.1, 0.15) is 47.2 Å². The van der Waals surface area contributed by atoms with Crippen LogP contribution in [0.15, 0.2) is 42.6 Å². The zero-order chi connectivity index (χ0) is 25.6. The number of aromatic nitrogens is 5. The molecule has 0 aliphatic heterocycles. The molecule has 3 aromatic heterocycles. The molecule has 5 rings (SSSR count). The maximum atomic E-state index is 13.1. The van der Waals surface area contributed by atoms with E-state index in [4.69, 9.17) is 0 Å². The molecular weight excluding hydrogens is 473 g/mol. The first kappa shape index (κ1) is 23.7. The monoisotopic (exact) mass is 496 g/mol. The summed E-state index contributed by atoms with van der Waals surface area (Å²) < 4.78 is 41.0. The van der Waals surface area contributed by atoms with E-state index in [1.807, 2.05) is 26.0 Å². The van der Waals surface area contributed by atoms with E-state index < -0.39 is 17.7 Å². The summed E-state index contributed by atoms with van der Waals surface area (Å²) in [7, 11) is 0. The van der Waals surface area contributed by atoms with Crippen molar-refractivity contribution in [3.05, 3.63) is 65.2 Å². The highest BCUT2D eigenvalue weighted by atomic mass is 19.4. The number of fused-ring (bicyclic) bond motifs is 1. The van der Waals surface area contributed by atoms with Crippen LogP contribution in [-0.4, -0.2) is 41.6 Å². The SMILES string of the molecule is Cc1ccc(-c2nc3nc(C(=O)O)nc(NC(C)C4CC4)c3n2Cc2ccc(C(F)(F)F)cc2)cn1. The van der Waals surface area contributed by atoms with Crippen LogP contribution in [0.4, 0.5) is 19.0 Å². The number of alkyl halides is 3. The molecule has 1 aromatic carbocycles. The standard InChI is InChI=1S/C25H23F3N6O2/c1-13-3-6-17(11-29-13)23-33-21-19(34(23)12-15-4-9-18(10-5-15)25(26,27)28)20(30-14(2)16-7-8-16)31-22(32-21)24(35)36/h3-6,9-11,14,16H,7-8,12H2,1-2H3,(H,35,36)(H,30,31,32). The van der Waals surface area contributed by atoms with E-state index in [2.05, 4.69) is 25.3 Å². The normalized spacial score (nSPS) is 14.7. The van der Waals surface area contributed by atoms with E-state index in [0.717, 1.165) is 30.7 Å². The number of pyridine rings is 1. The molecule has 0 radical (unpaired) electrons. The van der Waals surface area contributed by atoms with Crippen molar-refractivity contribution in [2.75, 3.05) is 5.32 Å². The zero-order valence-electron chi connectivity index (χ0n) is 19.5. The number of carboxylic acid groups (broad SMARTS) is 1. The highest BCUT2D eigenvalue weighted by molar-refractivity contribution is 5.92. The number of benzene rings is 1. The smallest absolute Gasteiger partial charge is 0.416 e. The zero-order valence-corrected chi connectivity index (χ0v) is 19.5. The van der Waals surface area contributed by atoms with Crippen molar-refractivity contribution in [1.29, 1.82) is 0 Å². The molecule has 2 N–H and O–H groups in total. The lowest BCUT2D eigenvalue weighted by Crippen LogP contribution is -2.20. The molecule has 1 fully saturated rings. The number of anilines is 1. The molecule has 8 nitrogen and oxygen atoms in total. The average Bonchev–Trinajstić information content (AvgIpc) is 3.62. The summed E-state index contributed by atoms with van der Waals surface area (Å²) in [4.78, 5) is 29.1. The Hall–Kier alpha value is -4.02. The van der Waals surface area contributed by atoms with Gasteiger partial charge < -0.3 is 15.0 Å². The highest BCUT2D eigenvalue weighted by Crippen LogP contribution is 2.36. The number of halogens is 3. The number of nitrogens with zero attached hydrogens (tertiary/aromatic N) is 5. The minimum atomic E-state index is -4.43. The summed E-state index contributed by atoms with van der Waals surface area (Å²) in [5.41, 5.74) is 1.98. The molecule has 1 saturated carbocycles. The summed E-state index contributed by atoms with van der Waals surface area (Å²) >= 11 is 0. The van der Waals surface area contributed by atoms with Crippen LogP contribution in [0.25, 0.3) is 22.6 Å². The van der Waals surface area contributed by atoms with E-state index >= 15 is 0 Å². The molecular formula is C25H23F3N6O2. The topological polar surface area (TPSA) is 106 Å². The van der Waals surface area contributed by atoms with Crippen molar-refractivity contribution in [3.8, 4) is 11.4 Å². The van der Waals surface area contributed by atoms with Gasteiger partial charge in [-0.3, -0.25) is 4.98 Å². The first-order valence-corrected chi connectivity index (χ1v) is 11.5. The molecule has 11 heteroatoms. The minimum Gasteiger partial charge on any atom is -0.475 e. The van der Waals surface area contributed by atoms with Crippen molar-refractivity contribution in [3.63, 3.8) is 0 Å². The van der Waals surface area contributed by atoms with Gasteiger partial charge in [0.15, 0.2) is 11.5 Å². The van der Waals surface area contributed by atoms with E-state index in [-0.39, 0.29) is 24.1 Å². The maximum absolute atomic E-state index is 13.1. The Kier molecular flexibility index (Phi) is 5.85. The van der Waals surface area contributed by atoms with Gasteiger partial charge in [0, 0.05) is 30.0 Å². The van der Waals surface area contributed by atoms with E-state index in [0.29, 0.717) is 34.2 Å². The van der Waals surface area contributed by atoms with Gasteiger partial charge in [0.05, 0.1) is 5.56 Å². The van der Waals surface area contributed by atoms with Crippen LogP contribution in [0.2, 0.25) is 0 Å². The summed E-state index contributed by atoms with van der Waals surface area (Å²) in [6, 6.07) is 8.60. The van der Waals surface area contributed by atoms with Gasteiger partial charge in [-0.1, -0.05) is 12.1 Å². The number of hydrogen-bond acceptors (Lipinski definition) is 6. The second-order valence-electron chi connectivity index (χ2n) is 9.05. The summed E-state index contributed by atoms with van der Waals surface area (Å²) in [5, 5.41) is 12.9. The Labute approximate surface area is 204 Å². The third-order valence-corrected chi connectivity index (χ3v) is 6.28. The van der Waals surface area contributed by atoms with Gasteiger partial charge in [0.1, 0.15) is 11.3 Å². The highest BCUT2D eigenvalue weighted by Gasteiger charge is 2.31. The van der Waals surface area contributed by atoms with Gasteiger partial charge in [-0.15, -0.1) is 0 Å². The summed E-state index contributed by atoms with van der Waals surface area (Å²) in [6.07, 6.45) is -0.653. The van der Waals surface area contributed by atoms with Crippen molar-refractivity contribution in [2.24, 2.45) is 5.92 Å². The summed E-state index contributed by atoms with van der Waals surface area (Å²) in [6.45, 7) is 4.02. The molecule has 36 heavy (non-hydrogen) atoms. The van der Waals surface area contributed by atoms with Gasteiger partial charge in [0.2, 0.25) is 5.82 Å². The number of aromatic carboxylic acids is 1. The van der Waals surface area contributed by atoms with Gasteiger partial charge in [-0.25, -0.2) is 19.7 Å². The van der Waals surface area contributed by atoms with E-state index in [9.17, 15) is 23.1 Å². The molecule has 4 aromatic rings. The number of nitrogens with one attached hydrogen (secondary N) is 1. The minimum absolute atomic E-state index is 0.0451. The number of hydrogen-bond donors (Lipinski definition) is 2. The fourth-order valence-electron chi connectivity index (χ4n) is 4.12. The number of carbonyl (C=O) groups is 1. The van der Waals surface area contributed by atoms with Crippen molar-refractivity contribution in [2.45, 2.75) is 45.5 Å². The molecule has 0 spiro atoms. The molecule has 1 atom stereocenters. The molecule has 0 saturated heterocycles. The second-order valence-corrected chi connectivity index (χ2v) is 9.05. The fraction of sp³-hybridized carbons (Fsp3) is 0.320. The second kappa shape index (κ2) is 8.89. The Balaban J connectivity index is 1.68. The molecule has 1 aliphatic rings. The number of rotatable bonds is 7. The van der Waals surface area contributed by atoms with Gasteiger partial charge in [0.25, 0.3) is 0 Å². The van der Waals surface area contributed by atoms with Gasteiger partial charge in [-0.2, -0.15) is 13.2 Å². The van der Waals surface area contributed by atoms with Crippen molar-refractivity contribution >= 4 is 23.0 Å². The van der Waals surface area contributed by atoms with Crippen molar-refractivity contribution < 1.29 is 23.1 Å². The molecule has 0 amide bonds. The average molecular weight is 496 g/mol. The predicted molar refractivity (Wildman–Crippen MR) is 127 cm³/mol. The Morgan fingerprint density at radius 2 is 1.86 bits per heavy atom. The lowest BCUT2D eigenvalue weighted by molar-refractivity contribution is -0.137. The molecule has 186 valence electrons. The largest absolute Gasteiger partial charge is 0.475 e. The number of imidazole rings is 1. The predicted octanol–water partition coefficient (Wildman–Crippen LogP) is 5.17.